The number of aryl methyl sites for hydroxylation is 1. The zero-order valence-corrected chi connectivity index (χ0v) is 20.3. The van der Waals surface area contributed by atoms with Crippen LogP contribution < -0.4 is 16.3 Å². The summed E-state index contributed by atoms with van der Waals surface area (Å²) in [5.74, 6) is 4.46. The number of pyridine rings is 2. The number of halogens is 5. The lowest BCUT2D eigenvalue weighted by atomic mass is 10.2. The Morgan fingerprint density at radius 2 is 1.74 bits per heavy atom. The summed E-state index contributed by atoms with van der Waals surface area (Å²) in [6.45, 7) is 1.03. The molecule has 15 heteroatoms. The van der Waals surface area contributed by atoms with Crippen LogP contribution in [0.1, 0.15) is 16.7 Å². The summed E-state index contributed by atoms with van der Waals surface area (Å²) >= 11 is 0. The summed E-state index contributed by atoms with van der Waals surface area (Å²) in [7, 11) is 3.82. The van der Waals surface area contributed by atoms with E-state index >= 15 is 0 Å². The fraction of sp³-hybridized carbons (Fsp3) is 0.261. The van der Waals surface area contributed by atoms with Crippen LogP contribution in [-0.4, -0.2) is 62.2 Å². The highest BCUT2D eigenvalue weighted by molar-refractivity contribution is 5.73. The normalized spacial score (nSPS) is 10.6. The summed E-state index contributed by atoms with van der Waals surface area (Å²) in [4.78, 5) is 32.0. The van der Waals surface area contributed by atoms with Gasteiger partial charge in [-0.3, -0.25) is 0 Å². The number of aromatic nitrogens is 5. The fourth-order valence-corrected chi connectivity index (χ4v) is 2.73. The van der Waals surface area contributed by atoms with Crippen molar-refractivity contribution in [3.8, 4) is 17.7 Å². The van der Waals surface area contributed by atoms with Gasteiger partial charge in [-0.25, -0.2) is 28.8 Å². The maximum atomic E-state index is 12.8. The molecule has 0 fully saturated rings. The molecule has 0 bridgehead atoms. The Balaban J connectivity index is 0.000000638. The Hall–Kier alpha value is -4.58. The molecule has 0 aliphatic rings. The van der Waals surface area contributed by atoms with Crippen LogP contribution in [0.25, 0.3) is 5.82 Å². The van der Waals surface area contributed by atoms with Crippen LogP contribution in [0.3, 0.4) is 0 Å². The van der Waals surface area contributed by atoms with Crippen LogP contribution in [0.2, 0.25) is 0 Å². The first-order valence-electron chi connectivity index (χ1n) is 10.5. The number of hydrogen-bond acceptors (Lipinski definition) is 7. The Morgan fingerprint density at radius 3 is 2.21 bits per heavy atom. The number of anilines is 1. The monoisotopic (exact) mass is 539 g/mol. The molecule has 38 heavy (non-hydrogen) atoms. The van der Waals surface area contributed by atoms with E-state index in [1.165, 1.54) is 17.1 Å². The number of carboxylic acids is 1. The minimum absolute atomic E-state index is 0.345. The van der Waals surface area contributed by atoms with Gasteiger partial charge in [0.25, 0.3) is 6.08 Å². The lowest BCUT2D eigenvalue weighted by Gasteiger charge is -2.09. The minimum atomic E-state index is -5.08. The average Bonchev–Trinajstić information content (AvgIpc) is 3.20. The van der Waals surface area contributed by atoms with Crippen LogP contribution >= 0.6 is 0 Å². The average molecular weight is 539 g/mol. The first kappa shape index (κ1) is 29.6. The molecule has 0 radical (unpaired) electrons. The van der Waals surface area contributed by atoms with E-state index < -0.39 is 23.9 Å². The maximum Gasteiger partial charge on any atom is 0.490 e. The van der Waals surface area contributed by atoms with Crippen molar-refractivity contribution in [1.29, 1.82) is 0 Å². The molecule has 0 atom stereocenters. The number of hydrogen-bond donors (Lipinski definition) is 2. The molecule has 3 aromatic rings. The lowest BCUT2D eigenvalue weighted by Crippen LogP contribution is -2.27. The molecule has 3 aromatic heterocycles. The zero-order valence-electron chi connectivity index (χ0n) is 20.3. The lowest BCUT2D eigenvalue weighted by molar-refractivity contribution is -0.192. The Kier molecular flexibility index (Phi) is 9.82. The maximum absolute atomic E-state index is 12.8. The van der Waals surface area contributed by atoms with E-state index in [-0.39, 0.29) is 18.7 Å². The largest absolute Gasteiger partial charge is 0.490 e. The molecular formula is C23H22F5N7O3. The molecule has 0 amide bonds. The van der Waals surface area contributed by atoms with Gasteiger partial charge >= 0.3 is 17.8 Å². The second-order valence-corrected chi connectivity index (χ2v) is 7.73. The van der Waals surface area contributed by atoms with Crippen LogP contribution in [0.15, 0.2) is 53.4 Å². The van der Waals surface area contributed by atoms with Crippen LogP contribution in [0.4, 0.5) is 27.8 Å². The van der Waals surface area contributed by atoms with Crippen molar-refractivity contribution in [2.75, 3.05) is 25.5 Å². The summed E-state index contributed by atoms with van der Waals surface area (Å²) in [5.41, 5.74) is 6.46. The fourth-order valence-electron chi connectivity index (χ4n) is 2.73. The summed E-state index contributed by atoms with van der Waals surface area (Å²) in [6, 6.07) is 5.54. The van der Waals surface area contributed by atoms with Crippen LogP contribution in [-0.2, 0) is 11.3 Å². The second kappa shape index (κ2) is 12.6. The van der Waals surface area contributed by atoms with Gasteiger partial charge in [0.15, 0.2) is 0 Å². The van der Waals surface area contributed by atoms with Gasteiger partial charge in [-0.2, -0.15) is 27.1 Å². The number of nitrogens with two attached hydrogens (primary N) is 1. The molecular weight excluding hydrogens is 517 g/mol. The van der Waals surface area contributed by atoms with Gasteiger partial charge in [-0.1, -0.05) is 11.8 Å². The Morgan fingerprint density at radius 1 is 1.13 bits per heavy atom. The Labute approximate surface area is 212 Å². The van der Waals surface area contributed by atoms with Gasteiger partial charge in [-0.05, 0) is 30.7 Å². The van der Waals surface area contributed by atoms with Crippen molar-refractivity contribution in [1.82, 2.24) is 24.3 Å². The first-order chi connectivity index (χ1) is 17.7. The topological polar surface area (TPSA) is 132 Å². The summed E-state index contributed by atoms with van der Waals surface area (Å²) in [5, 5.41) is 11.0. The molecule has 10 nitrogen and oxygen atoms in total. The third-order valence-corrected chi connectivity index (χ3v) is 4.67. The van der Waals surface area contributed by atoms with E-state index in [4.69, 9.17) is 15.6 Å². The quantitative estimate of drug-likeness (QED) is 0.373. The molecule has 3 rings (SSSR count). The van der Waals surface area contributed by atoms with Gasteiger partial charge < -0.3 is 15.7 Å². The predicted octanol–water partition coefficient (Wildman–Crippen LogP) is 2.34. The van der Waals surface area contributed by atoms with Gasteiger partial charge in [0.05, 0.1) is 6.54 Å². The van der Waals surface area contributed by atoms with Crippen molar-refractivity contribution in [3.05, 3.63) is 75.7 Å². The van der Waals surface area contributed by atoms with Crippen molar-refractivity contribution in [3.63, 3.8) is 0 Å². The van der Waals surface area contributed by atoms with Crippen LogP contribution in [0, 0.1) is 18.8 Å². The zero-order chi connectivity index (χ0) is 28.6. The highest BCUT2D eigenvalue weighted by Crippen LogP contribution is 2.14. The van der Waals surface area contributed by atoms with Crippen molar-refractivity contribution in [2.45, 2.75) is 19.6 Å². The minimum Gasteiger partial charge on any atom is -0.475 e. The number of alkyl halides is 3. The highest BCUT2D eigenvalue weighted by atomic mass is 19.4. The highest BCUT2D eigenvalue weighted by Gasteiger charge is 2.38. The molecule has 0 saturated carbocycles. The molecule has 3 heterocycles. The molecule has 0 unspecified atom stereocenters. The van der Waals surface area contributed by atoms with Gasteiger partial charge in [0.2, 0.25) is 0 Å². The molecule has 0 saturated heterocycles. The molecule has 0 aliphatic carbocycles. The molecule has 0 spiro atoms. The molecule has 0 aliphatic heterocycles. The van der Waals surface area contributed by atoms with E-state index in [2.05, 4.69) is 26.9 Å². The number of aliphatic carboxylic acids is 1. The van der Waals surface area contributed by atoms with E-state index in [1.54, 1.807) is 19.2 Å². The SMILES string of the molecule is Cc1cc(C#Cc2ccc(N(C)C)nc2)cnc1-n1cnn(CC(CN)=C(F)F)c1=O.O=C(O)C(F)(F)F. The Bertz CT molecular complexity index is 1430. The summed E-state index contributed by atoms with van der Waals surface area (Å²) in [6.07, 6.45) is -2.53. The number of carbonyl (C=O) groups is 1. The van der Waals surface area contributed by atoms with Gasteiger partial charge in [0.1, 0.15) is 18.0 Å². The molecule has 202 valence electrons. The standard InChI is InChI=1S/C21H21F2N7O.C2HF3O2/c1-14-8-16(5-4-15-6-7-18(25-10-15)28(2)3)11-26-20(14)29-13-27-30(21(29)31)12-17(9-24)19(22)23;3-2(4,5)1(6)7/h6-8,10-11,13H,9,12,24H2,1-3H3;(H,6,7). The van der Waals surface area contributed by atoms with Crippen molar-refractivity contribution < 1.29 is 31.9 Å². The third-order valence-electron chi connectivity index (χ3n) is 4.67. The number of carboxylic acid groups (broad SMARTS) is 1. The van der Waals surface area contributed by atoms with Crippen molar-refractivity contribution >= 4 is 11.8 Å². The number of rotatable bonds is 5. The first-order valence-corrected chi connectivity index (χ1v) is 10.5. The van der Waals surface area contributed by atoms with E-state index in [0.29, 0.717) is 16.9 Å². The number of nitrogens with zero attached hydrogens (tertiary/aromatic N) is 6. The van der Waals surface area contributed by atoms with E-state index in [1.807, 2.05) is 31.1 Å². The predicted molar refractivity (Wildman–Crippen MR) is 127 cm³/mol. The smallest absolute Gasteiger partial charge is 0.475 e. The third kappa shape index (κ3) is 7.96. The van der Waals surface area contributed by atoms with E-state index in [9.17, 15) is 26.7 Å². The van der Waals surface area contributed by atoms with Gasteiger partial charge in [-0.15, -0.1) is 0 Å². The molecule has 3 N–H and O–H groups in total. The van der Waals surface area contributed by atoms with Gasteiger partial charge in [0, 0.05) is 49.7 Å². The van der Waals surface area contributed by atoms with Crippen LogP contribution in [0.5, 0.6) is 0 Å². The summed E-state index contributed by atoms with van der Waals surface area (Å²) < 4.78 is 59.5. The van der Waals surface area contributed by atoms with Crippen molar-refractivity contribution in [2.24, 2.45) is 5.73 Å². The van der Waals surface area contributed by atoms with E-state index in [0.717, 1.165) is 16.1 Å². The second-order valence-electron chi connectivity index (χ2n) is 7.73. The molecule has 0 aromatic carbocycles.